The predicted octanol–water partition coefficient (Wildman–Crippen LogP) is 2.43. The first-order chi connectivity index (χ1) is 7.20. The quantitative estimate of drug-likeness (QED) is 0.609. The molecule has 15 heavy (non-hydrogen) atoms. The largest absolute Gasteiger partial charge is 0.271 e. The Morgan fingerprint density at radius 1 is 1.53 bits per heavy atom. The van der Waals surface area contributed by atoms with Crippen molar-refractivity contribution in [3.05, 3.63) is 34.3 Å². The lowest BCUT2D eigenvalue weighted by Gasteiger charge is -2.15. The summed E-state index contributed by atoms with van der Waals surface area (Å²) in [5.41, 5.74) is 5.36. The normalized spacial score (nSPS) is 17.8. The van der Waals surface area contributed by atoms with Crippen LogP contribution in [0.4, 0.5) is 0 Å². The Morgan fingerprint density at radius 2 is 2.27 bits per heavy atom. The molecule has 0 aliphatic heterocycles. The number of nitrogens with two attached hydrogens (primary N) is 1. The third-order valence-electron chi connectivity index (χ3n) is 3.08. The molecule has 2 nitrogen and oxygen atoms in total. The zero-order chi connectivity index (χ0) is 10.8. The van der Waals surface area contributed by atoms with Gasteiger partial charge in [-0.25, -0.2) is 0 Å². The first-order valence-electron chi connectivity index (χ1n) is 5.42. The van der Waals surface area contributed by atoms with E-state index < -0.39 is 0 Å². The summed E-state index contributed by atoms with van der Waals surface area (Å²) >= 11 is 5.99. The average molecular weight is 225 g/mol. The minimum absolute atomic E-state index is 0.422. The third-order valence-corrected chi connectivity index (χ3v) is 3.51. The molecule has 0 heterocycles. The van der Waals surface area contributed by atoms with Gasteiger partial charge in [0.25, 0.3) is 0 Å². The highest BCUT2D eigenvalue weighted by Gasteiger charge is 2.30. The predicted molar refractivity (Wildman–Crippen MR) is 63.7 cm³/mol. The lowest BCUT2D eigenvalue weighted by Crippen LogP contribution is -2.38. The van der Waals surface area contributed by atoms with E-state index in [-0.39, 0.29) is 0 Å². The summed E-state index contributed by atoms with van der Waals surface area (Å²) in [6, 6.07) is 6.62. The second-order valence-electron chi connectivity index (χ2n) is 4.40. The van der Waals surface area contributed by atoms with Gasteiger partial charge in [0.15, 0.2) is 0 Å². The van der Waals surface area contributed by atoms with Crippen molar-refractivity contribution >= 4 is 11.6 Å². The molecule has 2 rings (SSSR count). The molecule has 0 radical (unpaired) electrons. The van der Waals surface area contributed by atoms with Crippen molar-refractivity contribution in [1.29, 1.82) is 0 Å². The van der Waals surface area contributed by atoms with Crippen LogP contribution in [0.2, 0.25) is 5.02 Å². The van der Waals surface area contributed by atoms with Gasteiger partial charge in [0.05, 0.1) is 0 Å². The van der Waals surface area contributed by atoms with Gasteiger partial charge in [-0.05, 0) is 49.3 Å². The van der Waals surface area contributed by atoms with Crippen LogP contribution >= 0.6 is 11.6 Å². The molecule has 1 aliphatic rings. The van der Waals surface area contributed by atoms with Crippen LogP contribution in [-0.2, 0) is 6.42 Å². The Bertz CT molecular complexity index is 347. The second kappa shape index (κ2) is 4.52. The van der Waals surface area contributed by atoms with E-state index in [2.05, 4.69) is 17.6 Å². The molecule has 0 spiro atoms. The maximum Gasteiger partial charge on any atom is 0.0435 e. The van der Waals surface area contributed by atoms with Gasteiger partial charge in [-0.2, -0.15) is 0 Å². The van der Waals surface area contributed by atoms with E-state index in [0.717, 1.165) is 22.9 Å². The molecular weight excluding hydrogens is 208 g/mol. The third kappa shape index (κ3) is 2.71. The fourth-order valence-corrected chi connectivity index (χ4v) is 2.07. The number of rotatable bonds is 4. The van der Waals surface area contributed by atoms with Crippen LogP contribution in [0.1, 0.15) is 24.0 Å². The van der Waals surface area contributed by atoms with Crippen molar-refractivity contribution in [2.24, 2.45) is 11.8 Å². The van der Waals surface area contributed by atoms with Crippen molar-refractivity contribution in [2.45, 2.75) is 32.2 Å². The van der Waals surface area contributed by atoms with Crippen LogP contribution in [-0.4, -0.2) is 6.04 Å². The molecule has 1 atom stereocenters. The topological polar surface area (TPSA) is 38.0 Å². The summed E-state index contributed by atoms with van der Waals surface area (Å²) in [6.45, 7) is 2.04. The minimum Gasteiger partial charge on any atom is -0.271 e. The lowest BCUT2D eigenvalue weighted by molar-refractivity contribution is 0.472. The average Bonchev–Trinajstić information content (AvgIpc) is 3.03. The maximum absolute atomic E-state index is 5.99. The van der Waals surface area contributed by atoms with E-state index in [1.54, 1.807) is 0 Å². The molecule has 0 bridgehead atoms. The van der Waals surface area contributed by atoms with Gasteiger partial charge in [0, 0.05) is 11.1 Å². The van der Waals surface area contributed by atoms with Crippen molar-refractivity contribution in [1.82, 2.24) is 5.43 Å². The highest BCUT2D eigenvalue weighted by atomic mass is 35.5. The number of hydrogen-bond acceptors (Lipinski definition) is 2. The summed E-state index contributed by atoms with van der Waals surface area (Å²) in [7, 11) is 0. The van der Waals surface area contributed by atoms with E-state index in [1.807, 2.05) is 13.0 Å². The molecule has 1 unspecified atom stereocenters. The Hall–Kier alpha value is -0.570. The second-order valence-corrected chi connectivity index (χ2v) is 4.81. The molecule has 0 amide bonds. The number of aryl methyl sites for hydroxylation is 1. The number of hydrogen-bond donors (Lipinski definition) is 2. The summed E-state index contributed by atoms with van der Waals surface area (Å²) in [5, 5.41) is 0.836. The van der Waals surface area contributed by atoms with Crippen molar-refractivity contribution in [3.8, 4) is 0 Å². The molecule has 0 saturated heterocycles. The first kappa shape index (κ1) is 10.9. The Labute approximate surface area is 95.8 Å². The van der Waals surface area contributed by atoms with Gasteiger partial charge in [0.2, 0.25) is 0 Å². The van der Waals surface area contributed by atoms with Gasteiger partial charge in [-0.3, -0.25) is 11.3 Å². The van der Waals surface area contributed by atoms with Gasteiger partial charge in [-0.15, -0.1) is 0 Å². The van der Waals surface area contributed by atoms with E-state index in [0.29, 0.717) is 6.04 Å². The van der Waals surface area contributed by atoms with Gasteiger partial charge in [-0.1, -0.05) is 23.7 Å². The molecule has 3 N–H and O–H groups in total. The highest BCUT2D eigenvalue weighted by Crippen LogP contribution is 2.34. The van der Waals surface area contributed by atoms with Gasteiger partial charge >= 0.3 is 0 Å². The number of benzene rings is 1. The molecule has 1 aliphatic carbocycles. The number of hydrazine groups is 1. The molecular formula is C12H17ClN2. The van der Waals surface area contributed by atoms with Crippen molar-refractivity contribution in [3.63, 3.8) is 0 Å². The summed E-state index contributed by atoms with van der Waals surface area (Å²) in [5.74, 6) is 6.32. The molecule has 0 aromatic heterocycles. The molecule has 1 fully saturated rings. The van der Waals surface area contributed by atoms with Crippen LogP contribution in [0.3, 0.4) is 0 Å². The van der Waals surface area contributed by atoms with E-state index in [1.165, 1.54) is 18.4 Å². The summed E-state index contributed by atoms with van der Waals surface area (Å²) in [4.78, 5) is 0. The summed E-state index contributed by atoms with van der Waals surface area (Å²) < 4.78 is 0. The maximum atomic E-state index is 5.99. The Kier molecular flexibility index (Phi) is 3.29. The van der Waals surface area contributed by atoms with E-state index in [9.17, 15) is 0 Å². The zero-order valence-corrected chi connectivity index (χ0v) is 9.72. The van der Waals surface area contributed by atoms with Crippen LogP contribution in [0.25, 0.3) is 0 Å². The standard InChI is InChI=1S/C12H17ClN2/c1-8-6-9(2-5-11(8)13)7-12(15-14)10-3-4-10/h2,5-6,10,12,15H,3-4,7,14H2,1H3. The molecule has 1 aromatic rings. The van der Waals surface area contributed by atoms with Crippen LogP contribution in [0, 0.1) is 12.8 Å². The molecule has 82 valence electrons. The minimum atomic E-state index is 0.422. The number of nitrogens with one attached hydrogen (secondary N) is 1. The number of halogens is 1. The highest BCUT2D eigenvalue weighted by molar-refractivity contribution is 6.31. The molecule has 1 saturated carbocycles. The van der Waals surface area contributed by atoms with E-state index in [4.69, 9.17) is 17.4 Å². The van der Waals surface area contributed by atoms with Gasteiger partial charge < -0.3 is 0 Å². The fourth-order valence-electron chi connectivity index (χ4n) is 1.95. The monoisotopic (exact) mass is 224 g/mol. The van der Waals surface area contributed by atoms with Crippen LogP contribution < -0.4 is 11.3 Å². The smallest absolute Gasteiger partial charge is 0.0435 e. The lowest BCUT2D eigenvalue weighted by atomic mass is 10.0. The Morgan fingerprint density at radius 3 is 2.80 bits per heavy atom. The summed E-state index contributed by atoms with van der Waals surface area (Å²) in [6.07, 6.45) is 3.61. The Balaban J connectivity index is 2.05. The first-order valence-corrected chi connectivity index (χ1v) is 5.79. The van der Waals surface area contributed by atoms with E-state index >= 15 is 0 Å². The molecule has 3 heteroatoms. The van der Waals surface area contributed by atoms with Gasteiger partial charge in [0.1, 0.15) is 0 Å². The fraction of sp³-hybridized carbons (Fsp3) is 0.500. The van der Waals surface area contributed by atoms with Crippen LogP contribution in [0.15, 0.2) is 18.2 Å². The zero-order valence-electron chi connectivity index (χ0n) is 8.96. The van der Waals surface area contributed by atoms with Crippen molar-refractivity contribution < 1.29 is 0 Å². The van der Waals surface area contributed by atoms with Crippen molar-refractivity contribution in [2.75, 3.05) is 0 Å². The SMILES string of the molecule is Cc1cc(CC(NN)C2CC2)ccc1Cl. The van der Waals surface area contributed by atoms with Crippen LogP contribution in [0.5, 0.6) is 0 Å². The molecule has 1 aromatic carbocycles.